The molecule has 3 heteroatoms. The molecule has 70 valence electrons. The van der Waals surface area contributed by atoms with Crippen LogP contribution in [0.3, 0.4) is 0 Å². The molecule has 0 aromatic heterocycles. The van der Waals surface area contributed by atoms with Gasteiger partial charge in [0.25, 0.3) is 0 Å². The molecule has 2 unspecified atom stereocenters. The van der Waals surface area contributed by atoms with Gasteiger partial charge >= 0.3 is 0 Å². The summed E-state index contributed by atoms with van der Waals surface area (Å²) in [6, 6.07) is 6.87. The Balaban J connectivity index is 2.10. The Bertz CT molecular complexity index is 279. The van der Waals surface area contributed by atoms with Crippen LogP contribution >= 0.6 is 0 Å². The standard InChI is InChI=1S/C10H13NO2/c12-8-3-1-7(2-4-8)10(13)9-5-6-11-9/h1-4,9-13H,5-6H2. The number of phenolic OH excluding ortho intramolecular Hbond substituents is 1. The fourth-order valence-corrected chi connectivity index (χ4v) is 1.48. The minimum atomic E-state index is -0.450. The number of rotatable bonds is 2. The predicted octanol–water partition coefficient (Wildman–Crippen LogP) is 0.787. The quantitative estimate of drug-likeness (QED) is 0.629. The van der Waals surface area contributed by atoms with Crippen LogP contribution in [0.5, 0.6) is 5.75 Å². The highest BCUT2D eigenvalue weighted by atomic mass is 16.3. The van der Waals surface area contributed by atoms with Gasteiger partial charge in [-0.25, -0.2) is 0 Å². The molecule has 2 atom stereocenters. The lowest BCUT2D eigenvalue weighted by molar-refractivity contribution is 0.0956. The largest absolute Gasteiger partial charge is 0.508 e. The Morgan fingerprint density at radius 3 is 2.38 bits per heavy atom. The summed E-state index contributed by atoms with van der Waals surface area (Å²) in [7, 11) is 0. The zero-order valence-corrected chi connectivity index (χ0v) is 7.27. The van der Waals surface area contributed by atoms with Gasteiger partial charge in [0, 0.05) is 6.04 Å². The molecule has 1 aliphatic heterocycles. The summed E-state index contributed by atoms with van der Waals surface area (Å²) >= 11 is 0. The molecule has 13 heavy (non-hydrogen) atoms. The highest BCUT2D eigenvalue weighted by Gasteiger charge is 2.25. The van der Waals surface area contributed by atoms with Gasteiger partial charge in [0.15, 0.2) is 0 Å². The molecular weight excluding hydrogens is 166 g/mol. The van der Waals surface area contributed by atoms with Crippen molar-refractivity contribution in [3.8, 4) is 5.75 Å². The van der Waals surface area contributed by atoms with Gasteiger partial charge < -0.3 is 15.5 Å². The van der Waals surface area contributed by atoms with Gasteiger partial charge in [-0.3, -0.25) is 0 Å². The lowest BCUT2D eigenvalue weighted by atomic mass is 9.95. The summed E-state index contributed by atoms with van der Waals surface area (Å²) in [5.41, 5.74) is 0.856. The summed E-state index contributed by atoms with van der Waals surface area (Å²) in [5.74, 6) is 0.234. The molecule has 1 aromatic carbocycles. The Morgan fingerprint density at radius 1 is 1.31 bits per heavy atom. The number of aliphatic hydroxyl groups excluding tert-OH is 1. The topological polar surface area (TPSA) is 52.5 Å². The van der Waals surface area contributed by atoms with Gasteiger partial charge in [-0.05, 0) is 30.7 Å². The van der Waals surface area contributed by atoms with Crippen LogP contribution in [0.25, 0.3) is 0 Å². The van der Waals surface area contributed by atoms with E-state index >= 15 is 0 Å². The van der Waals surface area contributed by atoms with E-state index in [1.54, 1.807) is 24.3 Å². The van der Waals surface area contributed by atoms with Crippen LogP contribution < -0.4 is 5.32 Å². The van der Waals surface area contributed by atoms with E-state index in [0.717, 1.165) is 18.5 Å². The summed E-state index contributed by atoms with van der Waals surface area (Å²) in [4.78, 5) is 0. The van der Waals surface area contributed by atoms with Crippen LogP contribution in [-0.4, -0.2) is 22.8 Å². The van der Waals surface area contributed by atoms with Crippen molar-refractivity contribution in [2.24, 2.45) is 0 Å². The van der Waals surface area contributed by atoms with E-state index in [9.17, 15) is 5.11 Å². The molecule has 2 rings (SSSR count). The van der Waals surface area contributed by atoms with Crippen molar-refractivity contribution in [3.63, 3.8) is 0 Å². The first-order valence-corrected chi connectivity index (χ1v) is 4.48. The molecule has 1 aliphatic rings. The molecule has 0 radical (unpaired) electrons. The fourth-order valence-electron chi connectivity index (χ4n) is 1.48. The first-order chi connectivity index (χ1) is 6.27. The van der Waals surface area contributed by atoms with Crippen LogP contribution in [-0.2, 0) is 0 Å². The number of nitrogens with one attached hydrogen (secondary N) is 1. The second kappa shape index (κ2) is 3.36. The maximum atomic E-state index is 9.79. The summed E-state index contributed by atoms with van der Waals surface area (Å²) in [6.07, 6.45) is 0.566. The number of hydrogen-bond acceptors (Lipinski definition) is 3. The second-order valence-electron chi connectivity index (χ2n) is 3.39. The molecule has 0 amide bonds. The average molecular weight is 179 g/mol. The molecule has 1 aromatic rings. The lowest BCUT2D eigenvalue weighted by Crippen LogP contribution is -2.46. The third kappa shape index (κ3) is 1.66. The third-order valence-corrected chi connectivity index (χ3v) is 2.48. The molecule has 1 saturated heterocycles. The molecule has 0 spiro atoms. The normalized spacial score (nSPS) is 23.6. The Hall–Kier alpha value is -1.06. The van der Waals surface area contributed by atoms with Gasteiger partial charge in [0.2, 0.25) is 0 Å². The average Bonchev–Trinajstić information content (AvgIpc) is 2.02. The zero-order valence-electron chi connectivity index (χ0n) is 7.27. The van der Waals surface area contributed by atoms with Gasteiger partial charge in [0.1, 0.15) is 5.75 Å². The van der Waals surface area contributed by atoms with Crippen LogP contribution in [0.1, 0.15) is 18.1 Å². The zero-order chi connectivity index (χ0) is 9.26. The second-order valence-corrected chi connectivity index (χ2v) is 3.39. The van der Waals surface area contributed by atoms with Crippen molar-refractivity contribution < 1.29 is 10.2 Å². The Labute approximate surface area is 77.0 Å². The van der Waals surface area contributed by atoms with Crippen LogP contribution in [0.4, 0.5) is 0 Å². The van der Waals surface area contributed by atoms with Crippen molar-refractivity contribution >= 4 is 0 Å². The molecule has 1 heterocycles. The number of aliphatic hydroxyl groups is 1. The van der Waals surface area contributed by atoms with Crippen molar-refractivity contribution in [2.75, 3.05) is 6.54 Å². The summed E-state index contributed by atoms with van der Waals surface area (Å²) in [6.45, 7) is 0.986. The first kappa shape index (κ1) is 8.53. The highest BCUT2D eigenvalue weighted by molar-refractivity contribution is 5.28. The number of phenols is 1. The number of hydrogen-bond donors (Lipinski definition) is 3. The molecule has 3 nitrogen and oxygen atoms in total. The minimum absolute atomic E-state index is 0.185. The van der Waals surface area contributed by atoms with E-state index in [0.29, 0.717) is 0 Å². The number of benzene rings is 1. The predicted molar refractivity (Wildman–Crippen MR) is 49.5 cm³/mol. The smallest absolute Gasteiger partial charge is 0.115 e. The first-order valence-electron chi connectivity index (χ1n) is 4.48. The summed E-state index contributed by atoms with van der Waals surface area (Å²) < 4.78 is 0. The maximum Gasteiger partial charge on any atom is 0.115 e. The van der Waals surface area contributed by atoms with E-state index in [1.807, 2.05) is 0 Å². The van der Waals surface area contributed by atoms with Crippen LogP contribution in [0.15, 0.2) is 24.3 Å². The monoisotopic (exact) mass is 179 g/mol. The van der Waals surface area contributed by atoms with Crippen molar-refractivity contribution in [1.82, 2.24) is 5.32 Å². The Morgan fingerprint density at radius 2 is 1.92 bits per heavy atom. The summed E-state index contributed by atoms with van der Waals surface area (Å²) in [5, 5.41) is 22.0. The van der Waals surface area contributed by atoms with Crippen molar-refractivity contribution in [1.29, 1.82) is 0 Å². The van der Waals surface area contributed by atoms with Gasteiger partial charge in [-0.2, -0.15) is 0 Å². The molecule has 0 bridgehead atoms. The SMILES string of the molecule is Oc1ccc(C(O)C2CCN2)cc1. The fraction of sp³-hybridized carbons (Fsp3) is 0.400. The van der Waals surface area contributed by atoms with Gasteiger partial charge in [-0.1, -0.05) is 12.1 Å². The number of aromatic hydroxyl groups is 1. The molecule has 1 fully saturated rings. The molecule has 3 N–H and O–H groups in total. The Kier molecular flexibility index (Phi) is 2.20. The van der Waals surface area contributed by atoms with Crippen LogP contribution in [0.2, 0.25) is 0 Å². The van der Waals surface area contributed by atoms with E-state index in [1.165, 1.54) is 0 Å². The van der Waals surface area contributed by atoms with E-state index in [-0.39, 0.29) is 11.8 Å². The third-order valence-electron chi connectivity index (χ3n) is 2.48. The van der Waals surface area contributed by atoms with Crippen molar-refractivity contribution in [2.45, 2.75) is 18.6 Å². The van der Waals surface area contributed by atoms with E-state index < -0.39 is 6.10 Å². The van der Waals surface area contributed by atoms with Crippen molar-refractivity contribution in [3.05, 3.63) is 29.8 Å². The molecule has 0 saturated carbocycles. The van der Waals surface area contributed by atoms with Crippen LogP contribution in [0, 0.1) is 0 Å². The van der Waals surface area contributed by atoms with Gasteiger partial charge in [0.05, 0.1) is 6.10 Å². The minimum Gasteiger partial charge on any atom is -0.508 e. The molecular formula is C10H13NO2. The van der Waals surface area contributed by atoms with E-state index in [2.05, 4.69) is 5.32 Å². The lowest BCUT2D eigenvalue weighted by Gasteiger charge is -2.32. The highest BCUT2D eigenvalue weighted by Crippen LogP contribution is 2.23. The molecule has 0 aliphatic carbocycles. The maximum absolute atomic E-state index is 9.79. The van der Waals surface area contributed by atoms with Gasteiger partial charge in [-0.15, -0.1) is 0 Å². The van der Waals surface area contributed by atoms with E-state index in [4.69, 9.17) is 5.11 Å².